The second-order valence-electron chi connectivity index (χ2n) is 4.42. The molecule has 0 aromatic heterocycles. The standard InChI is InChI=1S/C12H16BrN/c1-12(14,9-3-2-4-9)10-5-7-11(13)8-6-10/h5-9H,2-4,14H2,1H3. The third kappa shape index (κ3) is 1.73. The topological polar surface area (TPSA) is 26.0 Å². The highest BCUT2D eigenvalue weighted by molar-refractivity contribution is 9.10. The number of halogens is 1. The minimum Gasteiger partial charge on any atom is -0.321 e. The number of benzene rings is 1. The van der Waals surface area contributed by atoms with E-state index in [1.54, 1.807) is 0 Å². The van der Waals surface area contributed by atoms with Gasteiger partial charge in [0.15, 0.2) is 0 Å². The van der Waals surface area contributed by atoms with Gasteiger partial charge in [0.1, 0.15) is 0 Å². The second-order valence-corrected chi connectivity index (χ2v) is 5.33. The van der Waals surface area contributed by atoms with Crippen LogP contribution in [0, 0.1) is 5.92 Å². The van der Waals surface area contributed by atoms with Gasteiger partial charge in [-0.1, -0.05) is 34.5 Å². The molecule has 0 amide bonds. The van der Waals surface area contributed by atoms with E-state index in [0.717, 1.165) is 4.47 Å². The van der Waals surface area contributed by atoms with Crippen LogP contribution < -0.4 is 5.73 Å². The molecule has 0 aliphatic heterocycles. The van der Waals surface area contributed by atoms with Gasteiger partial charge in [0.05, 0.1) is 0 Å². The Morgan fingerprint density at radius 3 is 2.29 bits per heavy atom. The molecule has 76 valence electrons. The van der Waals surface area contributed by atoms with Crippen molar-refractivity contribution in [2.45, 2.75) is 31.7 Å². The molecule has 1 atom stereocenters. The molecule has 0 spiro atoms. The highest BCUT2D eigenvalue weighted by Gasteiger charge is 2.35. The maximum atomic E-state index is 6.38. The first-order valence-electron chi connectivity index (χ1n) is 5.15. The zero-order valence-electron chi connectivity index (χ0n) is 8.46. The predicted molar refractivity (Wildman–Crippen MR) is 63.0 cm³/mol. The fraction of sp³-hybridized carbons (Fsp3) is 0.500. The quantitative estimate of drug-likeness (QED) is 0.859. The maximum absolute atomic E-state index is 6.38. The molecular formula is C12H16BrN. The van der Waals surface area contributed by atoms with Crippen LogP contribution in [-0.2, 0) is 5.54 Å². The van der Waals surface area contributed by atoms with Crippen molar-refractivity contribution in [2.75, 3.05) is 0 Å². The van der Waals surface area contributed by atoms with E-state index in [1.807, 2.05) is 0 Å². The van der Waals surface area contributed by atoms with Crippen molar-refractivity contribution in [2.24, 2.45) is 11.7 Å². The molecule has 1 aliphatic rings. The van der Waals surface area contributed by atoms with Gasteiger partial charge >= 0.3 is 0 Å². The summed E-state index contributed by atoms with van der Waals surface area (Å²) in [5.74, 6) is 0.670. The lowest BCUT2D eigenvalue weighted by atomic mass is 9.69. The van der Waals surface area contributed by atoms with Crippen LogP contribution in [0.3, 0.4) is 0 Å². The largest absolute Gasteiger partial charge is 0.321 e. The van der Waals surface area contributed by atoms with Gasteiger partial charge in [-0.15, -0.1) is 0 Å². The summed E-state index contributed by atoms with van der Waals surface area (Å²) < 4.78 is 1.12. The normalized spacial score (nSPS) is 21.4. The van der Waals surface area contributed by atoms with Crippen molar-refractivity contribution in [3.8, 4) is 0 Å². The first-order chi connectivity index (χ1) is 6.60. The first-order valence-corrected chi connectivity index (χ1v) is 5.95. The third-order valence-corrected chi connectivity index (χ3v) is 3.95. The Hall–Kier alpha value is -0.340. The zero-order valence-corrected chi connectivity index (χ0v) is 10.0. The molecule has 2 heteroatoms. The van der Waals surface area contributed by atoms with E-state index in [4.69, 9.17) is 5.73 Å². The molecule has 1 fully saturated rings. The molecule has 1 aromatic rings. The lowest BCUT2D eigenvalue weighted by molar-refractivity contribution is 0.183. The molecule has 14 heavy (non-hydrogen) atoms. The molecule has 0 bridgehead atoms. The summed E-state index contributed by atoms with van der Waals surface area (Å²) in [5.41, 5.74) is 7.49. The van der Waals surface area contributed by atoms with Crippen LogP contribution in [0.25, 0.3) is 0 Å². The predicted octanol–water partition coefficient (Wildman–Crippen LogP) is 3.42. The molecular weight excluding hydrogens is 238 g/mol. The van der Waals surface area contributed by atoms with Crippen molar-refractivity contribution in [3.05, 3.63) is 34.3 Å². The highest BCUT2D eigenvalue weighted by atomic mass is 79.9. The van der Waals surface area contributed by atoms with Gasteiger partial charge in [-0.05, 0) is 43.4 Å². The lowest BCUT2D eigenvalue weighted by Crippen LogP contribution is -2.44. The average Bonchev–Trinajstić information content (AvgIpc) is 2.00. The van der Waals surface area contributed by atoms with E-state index in [1.165, 1.54) is 24.8 Å². The molecule has 0 radical (unpaired) electrons. The van der Waals surface area contributed by atoms with Gasteiger partial charge in [-0.3, -0.25) is 0 Å². The molecule has 1 unspecified atom stereocenters. The maximum Gasteiger partial charge on any atom is 0.0409 e. The SMILES string of the molecule is CC(N)(c1ccc(Br)cc1)C1CCC1. The Morgan fingerprint density at radius 1 is 1.29 bits per heavy atom. The van der Waals surface area contributed by atoms with Crippen molar-refractivity contribution < 1.29 is 0 Å². The minimum atomic E-state index is -0.140. The molecule has 1 saturated carbocycles. The van der Waals surface area contributed by atoms with Gasteiger partial charge in [-0.25, -0.2) is 0 Å². The van der Waals surface area contributed by atoms with E-state index in [-0.39, 0.29) is 5.54 Å². The Balaban J connectivity index is 2.23. The summed E-state index contributed by atoms with van der Waals surface area (Å²) in [6, 6.07) is 8.39. The Labute approximate surface area is 93.8 Å². The fourth-order valence-electron chi connectivity index (χ4n) is 2.05. The average molecular weight is 254 g/mol. The molecule has 2 rings (SSSR count). The summed E-state index contributed by atoms with van der Waals surface area (Å²) in [6.07, 6.45) is 3.90. The fourth-order valence-corrected chi connectivity index (χ4v) is 2.32. The number of hydrogen-bond acceptors (Lipinski definition) is 1. The van der Waals surface area contributed by atoms with Gasteiger partial charge < -0.3 is 5.73 Å². The summed E-state index contributed by atoms with van der Waals surface area (Å²) in [4.78, 5) is 0. The van der Waals surface area contributed by atoms with Gasteiger partial charge in [0, 0.05) is 10.0 Å². The molecule has 0 heterocycles. The minimum absolute atomic E-state index is 0.140. The van der Waals surface area contributed by atoms with Crippen LogP contribution in [0.4, 0.5) is 0 Å². The first kappa shape index (κ1) is 10.2. The molecule has 1 nitrogen and oxygen atoms in total. The van der Waals surface area contributed by atoms with E-state index < -0.39 is 0 Å². The molecule has 0 saturated heterocycles. The summed E-state index contributed by atoms with van der Waals surface area (Å²) >= 11 is 3.44. The number of hydrogen-bond donors (Lipinski definition) is 1. The summed E-state index contributed by atoms with van der Waals surface area (Å²) in [7, 11) is 0. The van der Waals surface area contributed by atoms with Crippen molar-refractivity contribution in [3.63, 3.8) is 0 Å². The van der Waals surface area contributed by atoms with Crippen molar-refractivity contribution in [1.29, 1.82) is 0 Å². The van der Waals surface area contributed by atoms with Gasteiger partial charge in [0.2, 0.25) is 0 Å². The number of rotatable bonds is 2. The van der Waals surface area contributed by atoms with Crippen molar-refractivity contribution >= 4 is 15.9 Å². The molecule has 2 N–H and O–H groups in total. The third-order valence-electron chi connectivity index (χ3n) is 3.42. The van der Waals surface area contributed by atoms with Gasteiger partial charge in [0.25, 0.3) is 0 Å². The Kier molecular flexibility index (Phi) is 2.67. The zero-order chi connectivity index (χ0) is 10.2. The van der Waals surface area contributed by atoms with Crippen LogP contribution in [0.5, 0.6) is 0 Å². The number of nitrogens with two attached hydrogens (primary N) is 1. The van der Waals surface area contributed by atoms with Crippen molar-refractivity contribution in [1.82, 2.24) is 0 Å². The van der Waals surface area contributed by atoms with Crippen LogP contribution in [0.15, 0.2) is 28.7 Å². The Morgan fingerprint density at radius 2 is 1.86 bits per heavy atom. The van der Waals surface area contributed by atoms with Crippen LogP contribution in [0.1, 0.15) is 31.7 Å². The molecule has 1 aromatic carbocycles. The smallest absolute Gasteiger partial charge is 0.0409 e. The van der Waals surface area contributed by atoms with E-state index in [2.05, 4.69) is 47.1 Å². The van der Waals surface area contributed by atoms with Gasteiger partial charge in [-0.2, -0.15) is 0 Å². The monoisotopic (exact) mass is 253 g/mol. The Bertz CT molecular complexity index is 312. The lowest BCUT2D eigenvalue weighted by Gasteiger charge is -2.40. The van der Waals surface area contributed by atoms with E-state index in [0.29, 0.717) is 5.92 Å². The summed E-state index contributed by atoms with van der Waals surface area (Å²) in [6.45, 7) is 2.15. The van der Waals surface area contributed by atoms with Crippen LogP contribution >= 0.6 is 15.9 Å². The van der Waals surface area contributed by atoms with Crippen LogP contribution in [-0.4, -0.2) is 0 Å². The van der Waals surface area contributed by atoms with Crippen LogP contribution in [0.2, 0.25) is 0 Å². The van der Waals surface area contributed by atoms with E-state index in [9.17, 15) is 0 Å². The van der Waals surface area contributed by atoms with E-state index >= 15 is 0 Å². The summed E-state index contributed by atoms with van der Waals surface area (Å²) in [5, 5.41) is 0. The molecule has 1 aliphatic carbocycles. The highest BCUT2D eigenvalue weighted by Crippen LogP contribution is 2.40. The second kappa shape index (κ2) is 3.67.